The Balaban J connectivity index is 1.71. The number of carboxylic acid groups (broad SMARTS) is 1. The molecule has 3 rings (SSSR count). The van der Waals surface area contributed by atoms with Crippen LogP contribution in [0.1, 0.15) is 26.2 Å². The smallest absolute Gasteiger partial charge is 0.310 e. The first-order chi connectivity index (χ1) is 11.0. The summed E-state index contributed by atoms with van der Waals surface area (Å²) in [4.78, 5) is 38.1. The summed E-state index contributed by atoms with van der Waals surface area (Å²) in [5.41, 5.74) is 0. The molecule has 0 radical (unpaired) electrons. The maximum Gasteiger partial charge on any atom is 0.310 e. The summed E-state index contributed by atoms with van der Waals surface area (Å²) in [7, 11) is 0. The van der Waals surface area contributed by atoms with Crippen LogP contribution in [-0.4, -0.2) is 47.5 Å². The molecule has 0 aromatic heterocycles. The third kappa shape index (κ3) is 2.86. The number of hydrogen-bond acceptors (Lipinski definition) is 4. The summed E-state index contributed by atoms with van der Waals surface area (Å²) in [5.74, 6) is -2.65. The number of ether oxygens (including phenoxy) is 1. The van der Waals surface area contributed by atoms with E-state index in [0.29, 0.717) is 19.7 Å². The Morgan fingerprint density at radius 3 is 2.57 bits per heavy atom. The van der Waals surface area contributed by atoms with Crippen molar-refractivity contribution in [3.8, 4) is 0 Å². The highest BCUT2D eigenvalue weighted by Crippen LogP contribution is 2.49. The van der Waals surface area contributed by atoms with E-state index in [1.54, 1.807) is 11.8 Å². The molecule has 1 saturated heterocycles. The molecular formula is C17H23NO5. The first-order valence-corrected chi connectivity index (χ1v) is 8.39. The van der Waals surface area contributed by atoms with Gasteiger partial charge in [-0.15, -0.1) is 0 Å². The lowest BCUT2D eigenvalue weighted by Gasteiger charge is -2.35. The van der Waals surface area contributed by atoms with Crippen molar-refractivity contribution >= 4 is 17.8 Å². The van der Waals surface area contributed by atoms with Gasteiger partial charge in [0.05, 0.1) is 24.4 Å². The summed E-state index contributed by atoms with van der Waals surface area (Å²) in [6.07, 6.45) is 6.15. The van der Waals surface area contributed by atoms with Gasteiger partial charge in [0.25, 0.3) is 0 Å². The molecular weight excluding hydrogens is 298 g/mol. The third-order valence-corrected chi connectivity index (χ3v) is 5.38. The normalized spacial score (nSPS) is 35.3. The van der Waals surface area contributed by atoms with E-state index >= 15 is 0 Å². The number of carbonyl (C=O) groups excluding carboxylic acids is 2. The lowest BCUT2D eigenvalue weighted by Crippen LogP contribution is -2.48. The highest BCUT2D eigenvalue weighted by molar-refractivity contribution is 5.87. The Bertz CT molecular complexity index is 543. The molecule has 1 heterocycles. The molecule has 0 spiro atoms. The second-order valence-electron chi connectivity index (χ2n) is 6.71. The van der Waals surface area contributed by atoms with Crippen molar-refractivity contribution in [2.45, 2.75) is 26.2 Å². The lowest BCUT2D eigenvalue weighted by molar-refractivity contribution is -0.155. The average Bonchev–Trinajstić information content (AvgIpc) is 3.15. The van der Waals surface area contributed by atoms with Gasteiger partial charge in [0.2, 0.25) is 5.91 Å². The van der Waals surface area contributed by atoms with Crippen molar-refractivity contribution in [2.75, 3.05) is 19.7 Å². The van der Waals surface area contributed by atoms with Gasteiger partial charge in [0.1, 0.15) is 0 Å². The van der Waals surface area contributed by atoms with Crippen molar-refractivity contribution in [3.05, 3.63) is 12.2 Å². The van der Waals surface area contributed by atoms with Crippen LogP contribution in [0, 0.1) is 29.6 Å². The number of fused-ring (bicyclic) bond motifs is 2. The SMILES string of the molecule is CCOC(=O)[C@@H]1CCCN(C(=O)[C@@H]2[C@H](C(=O)O)[C@H]3C=C[C@@H]2C3)C1. The van der Waals surface area contributed by atoms with E-state index in [0.717, 1.165) is 19.3 Å². The summed E-state index contributed by atoms with van der Waals surface area (Å²) in [6, 6.07) is 0. The van der Waals surface area contributed by atoms with Crippen LogP contribution in [0.2, 0.25) is 0 Å². The number of piperidine rings is 1. The molecule has 0 aromatic rings. The Hall–Kier alpha value is -1.85. The van der Waals surface area contributed by atoms with Crippen molar-refractivity contribution in [1.29, 1.82) is 0 Å². The van der Waals surface area contributed by atoms with E-state index in [4.69, 9.17) is 4.74 Å². The number of nitrogens with zero attached hydrogens (tertiary/aromatic N) is 1. The number of hydrogen-bond donors (Lipinski definition) is 1. The van der Waals surface area contributed by atoms with Gasteiger partial charge < -0.3 is 14.7 Å². The van der Waals surface area contributed by atoms with Crippen LogP contribution in [0.3, 0.4) is 0 Å². The van der Waals surface area contributed by atoms with E-state index < -0.39 is 17.8 Å². The maximum atomic E-state index is 12.9. The van der Waals surface area contributed by atoms with Gasteiger partial charge in [0, 0.05) is 13.1 Å². The summed E-state index contributed by atoms with van der Waals surface area (Å²) in [6.45, 7) is 3.05. The summed E-state index contributed by atoms with van der Waals surface area (Å²) in [5, 5.41) is 9.48. The zero-order chi connectivity index (χ0) is 16.6. The fourth-order valence-electron chi connectivity index (χ4n) is 4.34. The van der Waals surface area contributed by atoms with Crippen LogP contribution in [0.5, 0.6) is 0 Å². The largest absolute Gasteiger partial charge is 0.481 e. The average molecular weight is 321 g/mol. The second kappa shape index (κ2) is 6.34. The van der Waals surface area contributed by atoms with E-state index in [1.165, 1.54) is 0 Å². The molecule has 6 heteroatoms. The van der Waals surface area contributed by atoms with Crippen molar-refractivity contribution in [1.82, 2.24) is 4.90 Å². The van der Waals surface area contributed by atoms with Crippen LogP contribution >= 0.6 is 0 Å². The third-order valence-electron chi connectivity index (χ3n) is 5.38. The van der Waals surface area contributed by atoms with E-state index in [1.807, 2.05) is 12.2 Å². The number of amides is 1. The predicted molar refractivity (Wildman–Crippen MR) is 81.3 cm³/mol. The van der Waals surface area contributed by atoms with Crippen LogP contribution in [-0.2, 0) is 19.1 Å². The fraction of sp³-hybridized carbons (Fsp3) is 0.706. The minimum Gasteiger partial charge on any atom is -0.481 e. The van der Waals surface area contributed by atoms with Crippen molar-refractivity contribution in [2.24, 2.45) is 29.6 Å². The van der Waals surface area contributed by atoms with Crippen molar-refractivity contribution < 1.29 is 24.2 Å². The number of allylic oxidation sites excluding steroid dienone is 2. The molecule has 1 aliphatic heterocycles. The van der Waals surface area contributed by atoms with Crippen LogP contribution < -0.4 is 0 Å². The zero-order valence-corrected chi connectivity index (χ0v) is 13.3. The molecule has 1 N–H and O–H groups in total. The Morgan fingerprint density at radius 1 is 1.22 bits per heavy atom. The highest BCUT2D eigenvalue weighted by atomic mass is 16.5. The number of carbonyl (C=O) groups is 3. The maximum absolute atomic E-state index is 12.9. The molecule has 0 aromatic carbocycles. The molecule has 2 bridgehead atoms. The second-order valence-corrected chi connectivity index (χ2v) is 6.71. The van der Waals surface area contributed by atoms with Gasteiger partial charge in [-0.3, -0.25) is 14.4 Å². The number of rotatable bonds is 4. The minimum absolute atomic E-state index is 0.0246. The topological polar surface area (TPSA) is 83.9 Å². The molecule has 6 nitrogen and oxygen atoms in total. The molecule has 3 aliphatic rings. The van der Waals surface area contributed by atoms with Crippen LogP contribution in [0.25, 0.3) is 0 Å². The first-order valence-electron chi connectivity index (χ1n) is 8.39. The van der Waals surface area contributed by atoms with Gasteiger partial charge in [-0.2, -0.15) is 0 Å². The lowest BCUT2D eigenvalue weighted by atomic mass is 9.81. The molecule has 0 unspecified atom stereocenters. The predicted octanol–water partition coefficient (Wildman–Crippen LogP) is 1.31. The first kappa shape index (κ1) is 16.0. The number of esters is 1. The molecule has 23 heavy (non-hydrogen) atoms. The minimum atomic E-state index is -0.890. The Labute approximate surface area is 135 Å². The highest BCUT2D eigenvalue weighted by Gasteiger charge is 2.53. The molecule has 1 amide bonds. The molecule has 2 aliphatic carbocycles. The van der Waals surface area contributed by atoms with Gasteiger partial charge in [-0.05, 0) is 38.0 Å². The van der Waals surface area contributed by atoms with Gasteiger partial charge in [-0.25, -0.2) is 0 Å². The summed E-state index contributed by atoms with van der Waals surface area (Å²) >= 11 is 0. The van der Waals surface area contributed by atoms with E-state index in [9.17, 15) is 19.5 Å². The zero-order valence-electron chi connectivity index (χ0n) is 13.3. The quantitative estimate of drug-likeness (QED) is 0.623. The molecule has 5 atom stereocenters. The Morgan fingerprint density at radius 2 is 1.91 bits per heavy atom. The standard InChI is InChI=1S/C17H23NO5/c1-2-23-17(22)12-4-3-7-18(9-12)15(19)13-10-5-6-11(8-10)14(13)16(20)21/h5-6,10-14H,2-4,7-9H2,1H3,(H,20,21)/t10-,11+,12-,13+,14-/m1/s1. The van der Waals surface area contributed by atoms with E-state index in [2.05, 4.69) is 0 Å². The van der Waals surface area contributed by atoms with Crippen LogP contribution in [0.15, 0.2) is 12.2 Å². The number of likely N-dealkylation sites (tertiary alicyclic amines) is 1. The van der Waals surface area contributed by atoms with Crippen LogP contribution in [0.4, 0.5) is 0 Å². The number of carboxylic acids is 1. The molecule has 1 saturated carbocycles. The Kier molecular flexibility index (Phi) is 4.41. The molecule has 2 fully saturated rings. The van der Waals surface area contributed by atoms with Gasteiger partial charge in [-0.1, -0.05) is 12.2 Å². The van der Waals surface area contributed by atoms with Gasteiger partial charge >= 0.3 is 11.9 Å². The van der Waals surface area contributed by atoms with Crippen molar-refractivity contribution in [3.63, 3.8) is 0 Å². The summed E-state index contributed by atoms with van der Waals surface area (Å²) < 4.78 is 5.06. The van der Waals surface area contributed by atoms with E-state index in [-0.39, 0.29) is 29.6 Å². The van der Waals surface area contributed by atoms with Gasteiger partial charge in [0.15, 0.2) is 0 Å². The molecule has 126 valence electrons. The monoisotopic (exact) mass is 321 g/mol. The number of aliphatic carboxylic acids is 1. The fourth-order valence-corrected chi connectivity index (χ4v) is 4.34.